The summed E-state index contributed by atoms with van der Waals surface area (Å²) in [5.74, 6) is 0.314. The predicted octanol–water partition coefficient (Wildman–Crippen LogP) is 5.76. The highest BCUT2D eigenvalue weighted by Gasteiger charge is 2.51. The van der Waals surface area contributed by atoms with Crippen molar-refractivity contribution in [2.24, 2.45) is 0 Å². The second-order valence-electron chi connectivity index (χ2n) is 7.86. The number of hydrogen-bond donors (Lipinski definition) is 0. The molecule has 1 unspecified atom stereocenters. The molecule has 2 aromatic carbocycles. The highest BCUT2D eigenvalue weighted by molar-refractivity contribution is 6.45. The van der Waals surface area contributed by atoms with Crippen molar-refractivity contribution < 1.29 is 9.31 Å². The van der Waals surface area contributed by atoms with Crippen LogP contribution in [0.25, 0.3) is 0 Å². The summed E-state index contributed by atoms with van der Waals surface area (Å²) in [6, 6.07) is 18.7. The third-order valence-corrected chi connectivity index (χ3v) is 5.70. The van der Waals surface area contributed by atoms with Gasteiger partial charge in [0.15, 0.2) is 0 Å². The van der Waals surface area contributed by atoms with E-state index in [1.807, 2.05) is 12.1 Å². The molecule has 0 spiro atoms. The molecule has 1 aliphatic heterocycles. The van der Waals surface area contributed by atoms with Crippen LogP contribution in [0.5, 0.6) is 0 Å². The summed E-state index contributed by atoms with van der Waals surface area (Å²) in [4.78, 5) is 0. The number of halogens is 1. The first kappa shape index (κ1) is 18.5. The van der Waals surface area contributed by atoms with Crippen LogP contribution in [0.2, 0.25) is 11.3 Å². The Balaban J connectivity index is 1.81. The van der Waals surface area contributed by atoms with Gasteiger partial charge in [0.2, 0.25) is 0 Å². The second kappa shape index (κ2) is 7.15. The van der Waals surface area contributed by atoms with Gasteiger partial charge in [-0.2, -0.15) is 0 Å². The topological polar surface area (TPSA) is 18.5 Å². The van der Waals surface area contributed by atoms with Crippen LogP contribution in [0.3, 0.4) is 0 Å². The Morgan fingerprint density at radius 1 is 0.880 bits per heavy atom. The molecular formula is C21H26BClO2. The van der Waals surface area contributed by atoms with Crippen molar-refractivity contribution in [1.29, 1.82) is 0 Å². The van der Waals surface area contributed by atoms with Crippen LogP contribution in [0.1, 0.15) is 44.7 Å². The minimum absolute atomic E-state index is 0.200. The zero-order valence-electron chi connectivity index (χ0n) is 15.5. The summed E-state index contributed by atoms with van der Waals surface area (Å²) in [6.45, 7) is 8.39. The van der Waals surface area contributed by atoms with Crippen LogP contribution >= 0.6 is 11.6 Å². The third-order valence-electron chi connectivity index (χ3n) is 5.45. The van der Waals surface area contributed by atoms with Gasteiger partial charge in [0.05, 0.1) is 11.2 Å². The largest absolute Gasteiger partial charge is 0.458 e. The van der Waals surface area contributed by atoms with E-state index in [9.17, 15) is 0 Å². The van der Waals surface area contributed by atoms with Gasteiger partial charge in [-0.3, -0.25) is 0 Å². The van der Waals surface area contributed by atoms with E-state index in [1.165, 1.54) is 11.1 Å². The average Bonchev–Trinajstić information content (AvgIpc) is 2.75. The van der Waals surface area contributed by atoms with Crippen LogP contribution in [0, 0.1) is 0 Å². The van der Waals surface area contributed by atoms with Gasteiger partial charge in [-0.05, 0) is 69.6 Å². The zero-order valence-corrected chi connectivity index (χ0v) is 16.2. The first-order valence-electron chi connectivity index (χ1n) is 8.92. The second-order valence-corrected chi connectivity index (χ2v) is 8.30. The van der Waals surface area contributed by atoms with Crippen molar-refractivity contribution in [2.75, 3.05) is 0 Å². The Morgan fingerprint density at radius 3 is 2.00 bits per heavy atom. The Hall–Kier alpha value is -1.29. The normalized spacial score (nSPS) is 19.8. The number of benzene rings is 2. The summed E-state index contributed by atoms with van der Waals surface area (Å²) in [5, 5.41) is 0.762. The fraction of sp³-hybridized carbons (Fsp3) is 0.429. The molecule has 4 heteroatoms. The molecule has 25 heavy (non-hydrogen) atoms. The van der Waals surface area contributed by atoms with Crippen LogP contribution in [-0.4, -0.2) is 18.3 Å². The maximum Gasteiger partial charge on any atom is 0.458 e. The smallest absolute Gasteiger partial charge is 0.403 e. The molecule has 3 rings (SSSR count). The molecule has 0 N–H and O–H groups in total. The lowest BCUT2D eigenvalue weighted by atomic mass is 9.72. The van der Waals surface area contributed by atoms with Crippen LogP contribution in [-0.2, 0) is 15.7 Å². The molecule has 2 nitrogen and oxygen atoms in total. The molecule has 0 amide bonds. The molecule has 1 heterocycles. The molecule has 0 radical (unpaired) electrons. The molecule has 1 saturated heterocycles. The summed E-state index contributed by atoms with van der Waals surface area (Å²) in [6.07, 6.45) is 1.77. The van der Waals surface area contributed by atoms with Crippen molar-refractivity contribution >= 4 is 18.7 Å². The molecule has 0 saturated carbocycles. The molecule has 1 fully saturated rings. The zero-order chi connectivity index (χ0) is 18.1. The van der Waals surface area contributed by atoms with Crippen molar-refractivity contribution in [3.63, 3.8) is 0 Å². The van der Waals surface area contributed by atoms with Crippen molar-refractivity contribution in [2.45, 2.75) is 57.6 Å². The van der Waals surface area contributed by atoms with Crippen LogP contribution < -0.4 is 0 Å². The van der Waals surface area contributed by atoms with E-state index < -0.39 is 0 Å². The molecule has 0 bridgehead atoms. The fourth-order valence-electron chi connectivity index (χ4n) is 3.26. The maximum absolute atomic E-state index is 6.23. The molecular weight excluding hydrogens is 330 g/mol. The van der Waals surface area contributed by atoms with E-state index >= 15 is 0 Å². The first-order valence-corrected chi connectivity index (χ1v) is 9.30. The quantitative estimate of drug-likeness (QED) is 0.634. The van der Waals surface area contributed by atoms with Crippen LogP contribution in [0.15, 0.2) is 54.6 Å². The van der Waals surface area contributed by atoms with E-state index in [-0.39, 0.29) is 18.3 Å². The van der Waals surface area contributed by atoms with Gasteiger partial charge in [0, 0.05) is 5.02 Å². The maximum atomic E-state index is 6.23. The fourth-order valence-corrected chi connectivity index (χ4v) is 3.39. The van der Waals surface area contributed by atoms with Crippen molar-refractivity contribution in [3.8, 4) is 0 Å². The summed E-state index contributed by atoms with van der Waals surface area (Å²) in [7, 11) is -0.200. The van der Waals surface area contributed by atoms with E-state index in [2.05, 4.69) is 70.2 Å². The Morgan fingerprint density at radius 2 is 1.44 bits per heavy atom. The summed E-state index contributed by atoms with van der Waals surface area (Å²) < 4.78 is 12.5. The molecule has 0 aromatic heterocycles. The van der Waals surface area contributed by atoms with Gasteiger partial charge in [-0.25, -0.2) is 0 Å². The van der Waals surface area contributed by atoms with Gasteiger partial charge in [-0.1, -0.05) is 54.1 Å². The van der Waals surface area contributed by atoms with E-state index in [1.54, 1.807) is 0 Å². The van der Waals surface area contributed by atoms with Crippen LogP contribution in [0.4, 0.5) is 0 Å². The predicted molar refractivity (Wildman–Crippen MR) is 105 cm³/mol. The monoisotopic (exact) mass is 356 g/mol. The van der Waals surface area contributed by atoms with E-state index in [0.29, 0.717) is 5.92 Å². The number of hydrogen-bond acceptors (Lipinski definition) is 2. The lowest BCUT2D eigenvalue weighted by Crippen LogP contribution is -2.41. The van der Waals surface area contributed by atoms with E-state index in [0.717, 1.165) is 17.8 Å². The summed E-state index contributed by atoms with van der Waals surface area (Å²) >= 11 is 6.07. The Bertz CT molecular complexity index is 682. The minimum Gasteiger partial charge on any atom is -0.403 e. The van der Waals surface area contributed by atoms with Gasteiger partial charge in [-0.15, -0.1) is 0 Å². The minimum atomic E-state index is -0.297. The molecule has 132 valence electrons. The first-order chi connectivity index (χ1) is 11.8. The highest BCUT2D eigenvalue weighted by atomic mass is 35.5. The Kier molecular flexibility index (Phi) is 5.29. The van der Waals surface area contributed by atoms with Gasteiger partial charge in [0.25, 0.3) is 0 Å². The lowest BCUT2D eigenvalue weighted by Gasteiger charge is -2.32. The van der Waals surface area contributed by atoms with E-state index in [4.69, 9.17) is 20.9 Å². The lowest BCUT2D eigenvalue weighted by molar-refractivity contribution is 0.00578. The SMILES string of the molecule is CC1(C)OB(CC(Cc2ccccc2)c2ccc(Cl)cc2)OC1(C)C. The van der Waals surface area contributed by atoms with Gasteiger partial charge < -0.3 is 9.31 Å². The molecule has 1 aliphatic rings. The molecule has 0 aliphatic carbocycles. The Labute approximate surface area is 156 Å². The van der Waals surface area contributed by atoms with Crippen molar-refractivity contribution in [1.82, 2.24) is 0 Å². The number of rotatable bonds is 5. The summed E-state index contributed by atoms with van der Waals surface area (Å²) in [5.41, 5.74) is 1.99. The third kappa shape index (κ3) is 4.28. The molecule has 2 aromatic rings. The van der Waals surface area contributed by atoms with Gasteiger partial charge >= 0.3 is 7.12 Å². The average molecular weight is 357 g/mol. The van der Waals surface area contributed by atoms with Gasteiger partial charge in [0.1, 0.15) is 0 Å². The highest BCUT2D eigenvalue weighted by Crippen LogP contribution is 2.40. The standard InChI is InChI=1S/C21H26BClO2/c1-20(2)21(3,4)25-22(24-20)15-18(14-16-8-6-5-7-9-16)17-10-12-19(23)13-11-17/h5-13,18H,14-15H2,1-4H3. The molecule has 1 atom stereocenters. The van der Waals surface area contributed by atoms with Crippen molar-refractivity contribution in [3.05, 3.63) is 70.7 Å².